The third-order valence-electron chi connectivity index (χ3n) is 4.76. The van der Waals surface area contributed by atoms with Crippen LogP contribution in [0.2, 0.25) is 0 Å². The van der Waals surface area contributed by atoms with Gasteiger partial charge < -0.3 is 10.6 Å². The largest absolute Gasteiger partial charge is 0.354 e. The van der Waals surface area contributed by atoms with E-state index in [2.05, 4.69) is 25.7 Å². The fourth-order valence-corrected chi connectivity index (χ4v) is 3.06. The summed E-state index contributed by atoms with van der Waals surface area (Å²) in [5.41, 5.74) is 3.44. The minimum Gasteiger partial charge on any atom is -0.354 e. The molecule has 2 N–H and O–H groups in total. The Hall–Kier alpha value is -3.36. The van der Waals surface area contributed by atoms with Gasteiger partial charge in [0.05, 0.1) is 0 Å². The van der Waals surface area contributed by atoms with E-state index in [0.29, 0.717) is 24.2 Å². The van der Waals surface area contributed by atoms with Crippen LogP contribution < -0.4 is 10.6 Å². The van der Waals surface area contributed by atoms with E-state index in [9.17, 15) is 14.0 Å². The predicted molar refractivity (Wildman–Crippen MR) is 105 cm³/mol. The van der Waals surface area contributed by atoms with Gasteiger partial charge in [0.2, 0.25) is 5.91 Å². The molecule has 0 unspecified atom stereocenters. The zero-order valence-corrected chi connectivity index (χ0v) is 16.6. The maximum atomic E-state index is 13.5. The van der Waals surface area contributed by atoms with Crippen molar-refractivity contribution in [3.63, 3.8) is 0 Å². The summed E-state index contributed by atoms with van der Waals surface area (Å²) in [7, 11) is 0. The monoisotopic (exact) mass is 398 g/mol. The lowest BCUT2D eigenvalue weighted by Crippen LogP contribution is -2.34. The highest BCUT2D eigenvalue weighted by Crippen LogP contribution is 2.14. The number of hydrogen-bond acceptors (Lipinski definition) is 5. The smallest absolute Gasteiger partial charge is 0.252 e. The van der Waals surface area contributed by atoms with Gasteiger partial charge in [-0.1, -0.05) is 6.07 Å². The Balaban J connectivity index is 1.45. The van der Waals surface area contributed by atoms with Crippen LogP contribution in [-0.2, 0) is 11.2 Å². The quantitative estimate of drug-likeness (QED) is 0.590. The average Bonchev–Trinajstić information content (AvgIpc) is 3.15. The third-order valence-corrected chi connectivity index (χ3v) is 4.76. The number of halogens is 1. The zero-order chi connectivity index (χ0) is 21.0. The second-order valence-corrected chi connectivity index (χ2v) is 6.80. The molecule has 0 radical (unpaired) electrons. The van der Waals surface area contributed by atoms with Crippen molar-refractivity contribution >= 4 is 17.6 Å². The Kier molecular flexibility index (Phi) is 6.16. The minimum absolute atomic E-state index is 0.127. The molecule has 1 aromatic carbocycles. The topological polar surface area (TPSA) is 101 Å². The summed E-state index contributed by atoms with van der Waals surface area (Å²) in [6.45, 7) is 5.99. The number of carbonyl (C=O) groups excluding carboxylic acids is 2. The summed E-state index contributed by atoms with van der Waals surface area (Å²) < 4.78 is 15.2. The minimum atomic E-state index is -0.421. The molecule has 0 spiro atoms. The Morgan fingerprint density at radius 3 is 2.66 bits per heavy atom. The van der Waals surface area contributed by atoms with E-state index >= 15 is 0 Å². The van der Waals surface area contributed by atoms with Crippen molar-refractivity contribution in [3.8, 4) is 0 Å². The number of amides is 2. The molecule has 152 valence electrons. The number of aromatic nitrogens is 4. The average molecular weight is 398 g/mol. The van der Waals surface area contributed by atoms with Gasteiger partial charge in [0.15, 0.2) is 0 Å². The molecule has 3 rings (SSSR count). The Labute approximate surface area is 167 Å². The molecule has 0 aliphatic carbocycles. The summed E-state index contributed by atoms with van der Waals surface area (Å²) in [4.78, 5) is 32.6. The number of carbonyl (C=O) groups is 2. The Morgan fingerprint density at radius 2 is 1.90 bits per heavy atom. The molecular weight excluding hydrogens is 375 g/mol. The molecule has 9 heteroatoms. The molecule has 2 heterocycles. The fraction of sp³-hybridized carbons (Fsp3) is 0.350. The van der Waals surface area contributed by atoms with Crippen LogP contribution in [0.4, 0.5) is 4.39 Å². The van der Waals surface area contributed by atoms with Crippen LogP contribution in [0.5, 0.6) is 0 Å². The van der Waals surface area contributed by atoms with Crippen LogP contribution in [0.15, 0.2) is 24.5 Å². The summed E-state index contributed by atoms with van der Waals surface area (Å²) >= 11 is 0. The van der Waals surface area contributed by atoms with Gasteiger partial charge in [-0.15, -0.1) is 0 Å². The van der Waals surface area contributed by atoms with Gasteiger partial charge in [-0.3, -0.25) is 9.59 Å². The summed E-state index contributed by atoms with van der Waals surface area (Å²) in [5.74, 6) is -0.387. The molecule has 0 saturated heterocycles. The van der Waals surface area contributed by atoms with Crippen molar-refractivity contribution in [1.82, 2.24) is 30.2 Å². The molecule has 0 atom stereocenters. The van der Waals surface area contributed by atoms with Crippen LogP contribution in [-0.4, -0.2) is 44.5 Å². The van der Waals surface area contributed by atoms with E-state index in [1.54, 1.807) is 23.6 Å². The highest BCUT2D eigenvalue weighted by Gasteiger charge is 2.13. The Morgan fingerprint density at radius 1 is 1.14 bits per heavy atom. The maximum Gasteiger partial charge on any atom is 0.252 e. The van der Waals surface area contributed by atoms with Gasteiger partial charge >= 0.3 is 0 Å². The van der Waals surface area contributed by atoms with Gasteiger partial charge in [0.1, 0.15) is 12.1 Å². The van der Waals surface area contributed by atoms with Crippen LogP contribution in [0.3, 0.4) is 0 Å². The normalized spacial score (nSPS) is 10.9. The van der Waals surface area contributed by atoms with E-state index in [1.165, 1.54) is 12.4 Å². The number of benzene rings is 1. The van der Waals surface area contributed by atoms with E-state index in [1.807, 2.05) is 13.8 Å². The standard InChI is InChI=1S/C20H23FN6O2/c1-12-4-5-15(10-17(12)21)19(29)23-9-8-22-18(28)7-6-16-13(2)26-20-24-11-25-27(20)14(16)3/h4-5,10-11H,6-9H2,1-3H3,(H,22,28)(H,23,29). The predicted octanol–water partition coefficient (Wildman–Crippen LogP) is 1.67. The van der Waals surface area contributed by atoms with Gasteiger partial charge in [0.25, 0.3) is 11.7 Å². The second kappa shape index (κ2) is 8.76. The molecule has 0 aliphatic heterocycles. The SMILES string of the molecule is Cc1ccc(C(=O)NCCNC(=O)CCc2c(C)nc3ncnn3c2C)cc1F. The van der Waals surface area contributed by atoms with Crippen LogP contribution in [0, 0.1) is 26.6 Å². The first-order valence-electron chi connectivity index (χ1n) is 9.33. The second-order valence-electron chi connectivity index (χ2n) is 6.80. The number of fused-ring (bicyclic) bond motifs is 1. The van der Waals surface area contributed by atoms with Crippen LogP contribution in [0.25, 0.3) is 5.78 Å². The van der Waals surface area contributed by atoms with Crippen molar-refractivity contribution < 1.29 is 14.0 Å². The molecule has 2 amide bonds. The lowest BCUT2D eigenvalue weighted by molar-refractivity contribution is -0.121. The molecule has 29 heavy (non-hydrogen) atoms. The van der Waals surface area contributed by atoms with Crippen LogP contribution in [0.1, 0.15) is 39.3 Å². The first-order chi connectivity index (χ1) is 13.9. The number of rotatable bonds is 7. The van der Waals surface area contributed by atoms with Crippen molar-refractivity contribution in [2.75, 3.05) is 13.1 Å². The Bertz CT molecular complexity index is 1060. The number of nitrogens with one attached hydrogen (secondary N) is 2. The molecule has 0 bridgehead atoms. The highest BCUT2D eigenvalue weighted by atomic mass is 19.1. The molecular formula is C20H23FN6O2. The fourth-order valence-electron chi connectivity index (χ4n) is 3.06. The van der Waals surface area contributed by atoms with E-state index < -0.39 is 5.82 Å². The molecule has 2 aromatic heterocycles. The van der Waals surface area contributed by atoms with Crippen LogP contribution >= 0.6 is 0 Å². The van der Waals surface area contributed by atoms with Crippen molar-refractivity contribution in [1.29, 1.82) is 0 Å². The van der Waals surface area contributed by atoms with E-state index in [-0.39, 0.29) is 30.5 Å². The third kappa shape index (κ3) is 4.74. The molecule has 0 saturated carbocycles. The van der Waals surface area contributed by atoms with E-state index in [0.717, 1.165) is 17.0 Å². The summed E-state index contributed by atoms with van der Waals surface area (Å²) in [6, 6.07) is 4.33. The van der Waals surface area contributed by atoms with Gasteiger partial charge in [-0.2, -0.15) is 10.1 Å². The highest BCUT2D eigenvalue weighted by molar-refractivity contribution is 5.94. The molecule has 3 aromatic rings. The maximum absolute atomic E-state index is 13.5. The molecule has 8 nitrogen and oxygen atoms in total. The van der Waals surface area contributed by atoms with Gasteiger partial charge in [0, 0.05) is 36.5 Å². The van der Waals surface area contributed by atoms with Gasteiger partial charge in [-0.25, -0.2) is 13.9 Å². The van der Waals surface area contributed by atoms with Crippen molar-refractivity contribution in [3.05, 3.63) is 58.4 Å². The number of aryl methyl sites for hydroxylation is 3. The number of nitrogens with zero attached hydrogens (tertiary/aromatic N) is 4. The summed E-state index contributed by atoms with van der Waals surface area (Å²) in [6.07, 6.45) is 2.27. The first-order valence-corrected chi connectivity index (χ1v) is 9.33. The first kappa shape index (κ1) is 20.4. The van der Waals surface area contributed by atoms with Crippen molar-refractivity contribution in [2.45, 2.75) is 33.6 Å². The van der Waals surface area contributed by atoms with Gasteiger partial charge in [-0.05, 0) is 50.5 Å². The summed E-state index contributed by atoms with van der Waals surface area (Å²) in [5, 5.41) is 9.57. The lowest BCUT2D eigenvalue weighted by Gasteiger charge is -2.11. The zero-order valence-electron chi connectivity index (χ0n) is 16.6. The lowest BCUT2D eigenvalue weighted by atomic mass is 10.1. The van der Waals surface area contributed by atoms with Crippen molar-refractivity contribution in [2.24, 2.45) is 0 Å². The molecule has 0 fully saturated rings. The van der Waals surface area contributed by atoms with E-state index in [4.69, 9.17) is 0 Å². The molecule has 0 aliphatic rings. The number of hydrogen-bond donors (Lipinski definition) is 2.